The minimum Gasteiger partial charge on any atom is -0.316 e. The maximum atomic E-state index is 5.98. The molecule has 2 heteroatoms. The lowest BCUT2D eigenvalue weighted by Gasteiger charge is -1.98. The van der Waals surface area contributed by atoms with E-state index >= 15 is 0 Å². The van der Waals surface area contributed by atoms with Gasteiger partial charge in [-0.05, 0) is 31.2 Å². The molecule has 1 N–H and O–H groups in total. The lowest BCUT2D eigenvalue weighted by Crippen LogP contribution is -2.03. The smallest absolute Gasteiger partial charge is 0.0441 e. The molecule has 1 rings (SSSR count). The molecule has 0 fully saturated rings. The maximum Gasteiger partial charge on any atom is 0.0441 e. The normalized spacial score (nSPS) is 11.0. The predicted octanol–water partition coefficient (Wildman–Crippen LogP) is 2.88. The Labute approximate surface area is 84.4 Å². The van der Waals surface area contributed by atoms with Gasteiger partial charge in [-0.2, -0.15) is 0 Å². The van der Waals surface area contributed by atoms with Gasteiger partial charge in [-0.3, -0.25) is 0 Å². The Morgan fingerprint density at radius 2 is 2.23 bits per heavy atom. The molecular weight excluding hydrogens is 182 g/mol. The van der Waals surface area contributed by atoms with Crippen molar-refractivity contribution < 1.29 is 0 Å². The van der Waals surface area contributed by atoms with Gasteiger partial charge in [-0.15, -0.1) is 0 Å². The van der Waals surface area contributed by atoms with Crippen LogP contribution in [0.2, 0.25) is 5.02 Å². The predicted molar refractivity (Wildman–Crippen MR) is 59.1 cm³/mol. The summed E-state index contributed by atoms with van der Waals surface area (Å²) in [6, 6.07) is 6.07. The summed E-state index contributed by atoms with van der Waals surface area (Å²) >= 11 is 5.98. The first-order chi connectivity index (χ1) is 6.24. The van der Waals surface area contributed by atoms with Crippen LogP contribution in [0.15, 0.2) is 24.3 Å². The van der Waals surface area contributed by atoms with E-state index in [2.05, 4.69) is 23.5 Å². The molecule has 0 aliphatic carbocycles. The highest BCUT2D eigenvalue weighted by Crippen LogP contribution is 2.17. The second-order valence-corrected chi connectivity index (χ2v) is 3.38. The summed E-state index contributed by atoms with van der Waals surface area (Å²) in [4.78, 5) is 0. The fourth-order valence-corrected chi connectivity index (χ4v) is 1.21. The number of hydrogen-bond donors (Lipinski definition) is 1. The van der Waals surface area contributed by atoms with Crippen molar-refractivity contribution in [1.29, 1.82) is 0 Å². The Hall–Kier alpha value is -0.790. The van der Waals surface area contributed by atoms with Crippen LogP contribution in [0.5, 0.6) is 0 Å². The van der Waals surface area contributed by atoms with Crippen LogP contribution in [0.25, 0.3) is 6.08 Å². The largest absolute Gasteiger partial charge is 0.316 e. The highest BCUT2D eigenvalue weighted by atomic mass is 35.5. The van der Waals surface area contributed by atoms with E-state index in [1.807, 2.05) is 26.1 Å². The number of halogens is 1. The minimum atomic E-state index is 0.826. The van der Waals surface area contributed by atoms with Crippen LogP contribution >= 0.6 is 11.6 Å². The second kappa shape index (κ2) is 5.05. The summed E-state index contributed by atoms with van der Waals surface area (Å²) in [5.74, 6) is 0. The number of aryl methyl sites for hydroxylation is 1. The summed E-state index contributed by atoms with van der Waals surface area (Å²) in [5.41, 5.74) is 2.26. The van der Waals surface area contributed by atoms with Crippen molar-refractivity contribution in [1.82, 2.24) is 5.32 Å². The van der Waals surface area contributed by atoms with Gasteiger partial charge < -0.3 is 5.32 Å². The monoisotopic (exact) mass is 195 g/mol. The molecule has 0 saturated carbocycles. The molecule has 0 spiro atoms. The third kappa shape index (κ3) is 3.21. The standard InChI is InChI=1S/C11H14ClN/c1-9-5-6-10(8-11(9)12)4-3-7-13-2/h3-6,8,13H,7H2,1-2H3. The van der Waals surface area contributed by atoms with Crippen molar-refractivity contribution in [2.75, 3.05) is 13.6 Å². The SMILES string of the molecule is CNCC=Cc1ccc(C)c(Cl)c1. The Bertz CT molecular complexity index is 305. The van der Waals surface area contributed by atoms with Gasteiger partial charge in [0.1, 0.15) is 0 Å². The Morgan fingerprint density at radius 1 is 1.46 bits per heavy atom. The van der Waals surface area contributed by atoms with Crippen LogP contribution in [0.4, 0.5) is 0 Å². The van der Waals surface area contributed by atoms with E-state index in [-0.39, 0.29) is 0 Å². The molecule has 1 nitrogen and oxygen atoms in total. The lowest BCUT2D eigenvalue weighted by atomic mass is 10.1. The van der Waals surface area contributed by atoms with Crippen molar-refractivity contribution in [2.45, 2.75) is 6.92 Å². The van der Waals surface area contributed by atoms with Gasteiger partial charge in [0.2, 0.25) is 0 Å². The molecule has 0 atom stereocenters. The van der Waals surface area contributed by atoms with E-state index in [1.54, 1.807) is 0 Å². The Balaban J connectivity index is 2.73. The van der Waals surface area contributed by atoms with Gasteiger partial charge in [-0.25, -0.2) is 0 Å². The molecule has 13 heavy (non-hydrogen) atoms. The van der Waals surface area contributed by atoms with Crippen molar-refractivity contribution in [3.05, 3.63) is 40.4 Å². The molecule has 1 aromatic rings. The van der Waals surface area contributed by atoms with Crippen molar-refractivity contribution in [2.24, 2.45) is 0 Å². The van der Waals surface area contributed by atoms with Gasteiger partial charge in [0, 0.05) is 11.6 Å². The van der Waals surface area contributed by atoms with Crippen LogP contribution < -0.4 is 5.32 Å². The highest BCUT2D eigenvalue weighted by molar-refractivity contribution is 6.31. The summed E-state index contributed by atoms with van der Waals surface area (Å²) in [6.45, 7) is 2.88. The topological polar surface area (TPSA) is 12.0 Å². The average Bonchev–Trinajstić information content (AvgIpc) is 2.12. The molecule has 0 amide bonds. The van der Waals surface area contributed by atoms with E-state index in [0.717, 1.165) is 22.7 Å². The van der Waals surface area contributed by atoms with E-state index in [9.17, 15) is 0 Å². The summed E-state index contributed by atoms with van der Waals surface area (Å²) in [7, 11) is 1.92. The van der Waals surface area contributed by atoms with Crippen LogP contribution in [-0.2, 0) is 0 Å². The van der Waals surface area contributed by atoms with Crippen molar-refractivity contribution >= 4 is 17.7 Å². The van der Waals surface area contributed by atoms with E-state index in [4.69, 9.17) is 11.6 Å². The third-order valence-corrected chi connectivity index (χ3v) is 2.24. The number of nitrogens with one attached hydrogen (secondary N) is 1. The van der Waals surface area contributed by atoms with Crippen molar-refractivity contribution in [3.8, 4) is 0 Å². The summed E-state index contributed by atoms with van der Waals surface area (Å²) < 4.78 is 0. The Kier molecular flexibility index (Phi) is 4.00. The average molecular weight is 196 g/mol. The first kappa shape index (κ1) is 10.3. The molecule has 0 unspecified atom stereocenters. The maximum absolute atomic E-state index is 5.98. The molecule has 70 valence electrons. The molecule has 1 aromatic carbocycles. The molecule has 0 saturated heterocycles. The third-order valence-electron chi connectivity index (χ3n) is 1.83. The zero-order valence-corrected chi connectivity index (χ0v) is 8.73. The van der Waals surface area contributed by atoms with Gasteiger partial charge in [-0.1, -0.05) is 35.9 Å². The van der Waals surface area contributed by atoms with E-state index < -0.39 is 0 Å². The van der Waals surface area contributed by atoms with Crippen LogP contribution in [0, 0.1) is 6.92 Å². The fourth-order valence-electron chi connectivity index (χ4n) is 1.03. The molecule has 0 aliphatic rings. The first-order valence-corrected chi connectivity index (χ1v) is 4.69. The van der Waals surface area contributed by atoms with Crippen LogP contribution in [0.3, 0.4) is 0 Å². The number of rotatable bonds is 3. The molecule has 0 radical (unpaired) electrons. The number of likely N-dealkylation sites (N-methyl/N-ethyl adjacent to an activating group) is 1. The van der Waals surface area contributed by atoms with Gasteiger partial charge >= 0.3 is 0 Å². The molecular formula is C11H14ClN. The van der Waals surface area contributed by atoms with Gasteiger partial charge in [0.05, 0.1) is 0 Å². The lowest BCUT2D eigenvalue weighted by molar-refractivity contribution is 0.922. The summed E-state index contributed by atoms with van der Waals surface area (Å²) in [5, 5.41) is 3.87. The second-order valence-electron chi connectivity index (χ2n) is 2.97. The van der Waals surface area contributed by atoms with E-state index in [0.29, 0.717) is 0 Å². The zero-order chi connectivity index (χ0) is 9.68. The molecule has 0 aliphatic heterocycles. The minimum absolute atomic E-state index is 0.826. The molecule has 0 bridgehead atoms. The fraction of sp³-hybridized carbons (Fsp3) is 0.273. The quantitative estimate of drug-likeness (QED) is 0.782. The van der Waals surface area contributed by atoms with Crippen molar-refractivity contribution in [3.63, 3.8) is 0 Å². The molecule has 0 heterocycles. The van der Waals surface area contributed by atoms with Gasteiger partial charge in [0.15, 0.2) is 0 Å². The number of benzene rings is 1. The molecule has 0 aromatic heterocycles. The number of hydrogen-bond acceptors (Lipinski definition) is 1. The zero-order valence-electron chi connectivity index (χ0n) is 7.97. The van der Waals surface area contributed by atoms with Crippen LogP contribution in [-0.4, -0.2) is 13.6 Å². The summed E-state index contributed by atoms with van der Waals surface area (Å²) in [6.07, 6.45) is 4.13. The Morgan fingerprint density at radius 3 is 2.85 bits per heavy atom. The van der Waals surface area contributed by atoms with E-state index in [1.165, 1.54) is 0 Å². The first-order valence-electron chi connectivity index (χ1n) is 4.31. The van der Waals surface area contributed by atoms with Crippen LogP contribution in [0.1, 0.15) is 11.1 Å². The van der Waals surface area contributed by atoms with Gasteiger partial charge in [0.25, 0.3) is 0 Å². The highest BCUT2D eigenvalue weighted by Gasteiger charge is 1.93.